The van der Waals surface area contributed by atoms with E-state index in [0.717, 1.165) is 16.7 Å². The topological polar surface area (TPSA) is 139 Å². The van der Waals surface area contributed by atoms with E-state index in [1.54, 1.807) is 11.8 Å². The third-order valence-corrected chi connectivity index (χ3v) is 9.14. The van der Waals surface area contributed by atoms with E-state index in [1.165, 1.54) is 9.80 Å². The summed E-state index contributed by atoms with van der Waals surface area (Å²) in [4.78, 5) is 66.5. The highest BCUT2D eigenvalue weighted by Gasteiger charge is 2.41. The smallest absolute Gasteiger partial charge is 0.252 e. The largest absolute Gasteiger partial charge is 0.507 e. The molecule has 11 nitrogen and oxygen atoms in total. The van der Waals surface area contributed by atoms with Crippen molar-refractivity contribution in [3.05, 3.63) is 28.8 Å². The maximum atomic E-state index is 13.2. The number of rotatable bonds is 16. The molecule has 42 heavy (non-hydrogen) atoms. The van der Waals surface area contributed by atoms with Gasteiger partial charge in [-0.25, -0.2) is 0 Å². The lowest BCUT2D eigenvalue weighted by molar-refractivity contribution is -0.140. The third kappa shape index (κ3) is 9.21. The van der Waals surface area contributed by atoms with Crippen molar-refractivity contribution >= 4 is 65.3 Å². The van der Waals surface area contributed by atoms with Crippen molar-refractivity contribution < 1.29 is 29.1 Å². The molecule has 230 valence electrons. The molecule has 0 spiro atoms. The fraction of sp³-hybridized carbons (Fsp3) is 0.607. The molecule has 3 rings (SSSR count). The summed E-state index contributed by atoms with van der Waals surface area (Å²) in [7, 11) is 2.59. The van der Waals surface area contributed by atoms with Gasteiger partial charge in [-0.1, -0.05) is 19.1 Å². The van der Waals surface area contributed by atoms with Crippen LogP contribution in [0, 0.1) is 19.8 Å². The zero-order chi connectivity index (χ0) is 31.0. The first-order valence-corrected chi connectivity index (χ1v) is 16.4. The normalized spacial score (nSPS) is 18.9. The molecule has 2 saturated heterocycles. The first-order chi connectivity index (χ1) is 19.9. The van der Waals surface area contributed by atoms with E-state index in [9.17, 15) is 29.1 Å². The molecule has 0 aromatic heterocycles. The number of amides is 5. The minimum atomic E-state index is -0.296. The van der Waals surface area contributed by atoms with Gasteiger partial charge in [-0.05, 0) is 37.0 Å². The summed E-state index contributed by atoms with van der Waals surface area (Å²) >= 11 is 2.15. The van der Waals surface area contributed by atoms with Gasteiger partial charge in [0.05, 0.1) is 0 Å². The van der Waals surface area contributed by atoms with Crippen LogP contribution in [0.4, 0.5) is 0 Å². The molecule has 1 aromatic rings. The predicted octanol–water partition coefficient (Wildman–Crippen LogP) is 1.27. The lowest BCUT2D eigenvalue weighted by atomic mass is 9.84. The Labute approximate surface area is 264 Å². The first kappa shape index (κ1) is 34.4. The van der Waals surface area contributed by atoms with Crippen LogP contribution in [0.1, 0.15) is 42.9 Å². The Kier molecular flexibility index (Phi) is 13.2. The quantitative estimate of drug-likeness (QED) is 0.0767. The van der Waals surface area contributed by atoms with E-state index in [-0.39, 0.29) is 64.2 Å². The Balaban J connectivity index is 1.48. The molecule has 3 unspecified atom stereocenters. The Morgan fingerprint density at radius 1 is 0.976 bits per heavy atom. The maximum Gasteiger partial charge on any atom is 0.252 e. The van der Waals surface area contributed by atoms with Crippen molar-refractivity contribution in [2.75, 3.05) is 52.4 Å². The van der Waals surface area contributed by atoms with Gasteiger partial charge in [0.1, 0.15) is 5.75 Å². The molecule has 0 radical (unpaired) electrons. The SMILES string of the molecule is Cc1cc(CCC(=O)N(CCNCCN2C(=O)CC(C)C2=O)CCNCCN2C(=O)CC(B(P)I)C2=O)cc(C)c1O. The molecular weight excluding hydrogens is 671 g/mol. The highest BCUT2D eigenvalue weighted by Crippen LogP contribution is 2.33. The fourth-order valence-corrected chi connectivity index (χ4v) is 6.16. The molecule has 0 saturated carbocycles. The second-order valence-electron chi connectivity index (χ2n) is 11.1. The van der Waals surface area contributed by atoms with Crippen molar-refractivity contribution in [1.82, 2.24) is 25.3 Å². The number of benzene rings is 1. The molecule has 5 amide bonds. The number of phenols is 1. The van der Waals surface area contributed by atoms with Crippen LogP contribution in [0.5, 0.6) is 5.75 Å². The molecule has 2 aliphatic rings. The molecule has 0 aliphatic carbocycles. The van der Waals surface area contributed by atoms with E-state index in [1.807, 2.05) is 26.0 Å². The lowest BCUT2D eigenvalue weighted by Crippen LogP contribution is -2.43. The number of imide groups is 2. The van der Waals surface area contributed by atoms with Crippen molar-refractivity contribution in [2.45, 2.75) is 52.3 Å². The number of aromatic hydroxyl groups is 1. The highest BCUT2D eigenvalue weighted by atomic mass is 127. The second-order valence-corrected chi connectivity index (χ2v) is 14.6. The van der Waals surface area contributed by atoms with Crippen molar-refractivity contribution in [1.29, 1.82) is 0 Å². The van der Waals surface area contributed by atoms with Gasteiger partial charge < -0.3 is 20.6 Å². The number of halogens is 1. The molecule has 3 atom stereocenters. The summed E-state index contributed by atoms with van der Waals surface area (Å²) in [5.74, 6) is -0.873. The van der Waals surface area contributed by atoms with Crippen LogP contribution >= 0.6 is 31.5 Å². The highest BCUT2D eigenvalue weighted by molar-refractivity contribution is 14.1. The van der Waals surface area contributed by atoms with Crippen LogP contribution in [0.25, 0.3) is 0 Å². The maximum absolute atomic E-state index is 13.2. The van der Waals surface area contributed by atoms with Gasteiger partial charge in [-0.2, -0.15) is 9.12 Å². The van der Waals surface area contributed by atoms with E-state index >= 15 is 0 Å². The minimum Gasteiger partial charge on any atom is -0.507 e. The molecule has 0 bridgehead atoms. The van der Waals surface area contributed by atoms with Crippen LogP contribution in [0.15, 0.2) is 12.1 Å². The van der Waals surface area contributed by atoms with E-state index in [4.69, 9.17) is 0 Å². The standard InChI is InChI=1S/C28H42BIN5O6P/c1-18-14-21(15-19(2)26(18)39)4-5-23(36)33(10-6-31-8-12-34-24(37)16-20(3)27(34)40)11-7-32-9-13-35-25(38)17-22(28(35)41)29(30)42/h14-15,20,22,31-32,39H,4-13,16-17,42H2,1-3H3. The second kappa shape index (κ2) is 16.1. The van der Waals surface area contributed by atoms with Crippen LogP contribution in [0.2, 0.25) is 5.82 Å². The van der Waals surface area contributed by atoms with Crippen LogP contribution < -0.4 is 10.6 Å². The Bertz CT molecular complexity index is 1160. The third-order valence-electron chi connectivity index (χ3n) is 7.81. The first-order valence-electron chi connectivity index (χ1n) is 14.5. The number of hydrogen-bond donors (Lipinski definition) is 3. The molecular formula is C28H42BIN5O6P. The van der Waals surface area contributed by atoms with Crippen LogP contribution in [-0.4, -0.2) is 106 Å². The predicted molar refractivity (Wildman–Crippen MR) is 173 cm³/mol. The molecule has 14 heteroatoms. The van der Waals surface area contributed by atoms with Gasteiger partial charge >= 0.3 is 0 Å². The lowest BCUT2D eigenvalue weighted by Gasteiger charge is -2.24. The van der Waals surface area contributed by atoms with Crippen molar-refractivity contribution in [2.24, 2.45) is 5.92 Å². The average molecular weight is 713 g/mol. The Morgan fingerprint density at radius 3 is 1.98 bits per heavy atom. The Hall–Kier alpha value is -2.09. The van der Waals surface area contributed by atoms with Gasteiger partial charge in [0.15, 0.2) is 0 Å². The summed E-state index contributed by atoms with van der Waals surface area (Å²) in [6, 6.07) is 3.79. The zero-order valence-corrected chi connectivity index (χ0v) is 28.0. The van der Waals surface area contributed by atoms with Crippen molar-refractivity contribution in [3.8, 4) is 5.75 Å². The summed E-state index contributed by atoms with van der Waals surface area (Å²) < 4.78 is 0.0134. The van der Waals surface area contributed by atoms with Gasteiger partial charge in [0.2, 0.25) is 29.5 Å². The number of aryl methyl sites for hydroxylation is 3. The van der Waals surface area contributed by atoms with Gasteiger partial charge in [0.25, 0.3) is 4.29 Å². The molecule has 1 aromatic carbocycles. The van der Waals surface area contributed by atoms with Gasteiger partial charge in [-0.15, -0.1) is 22.4 Å². The van der Waals surface area contributed by atoms with Crippen LogP contribution in [0.3, 0.4) is 0 Å². The summed E-state index contributed by atoms with van der Waals surface area (Å²) in [6.45, 7) is 8.81. The number of carbonyl (C=O) groups is 5. The zero-order valence-electron chi connectivity index (χ0n) is 24.7. The molecule has 2 heterocycles. The summed E-state index contributed by atoms with van der Waals surface area (Å²) in [5.41, 5.74) is 2.54. The molecule has 2 aliphatic heterocycles. The molecule has 2 fully saturated rings. The summed E-state index contributed by atoms with van der Waals surface area (Å²) in [6.07, 6.45) is 1.35. The number of likely N-dealkylation sites (tertiary alicyclic amines) is 2. The monoisotopic (exact) mass is 713 g/mol. The molecule has 3 N–H and O–H groups in total. The van der Waals surface area contributed by atoms with E-state index in [2.05, 4.69) is 42.1 Å². The Morgan fingerprint density at radius 2 is 1.50 bits per heavy atom. The number of nitrogens with zero attached hydrogens (tertiary/aromatic N) is 3. The minimum absolute atomic E-state index is 0.0121. The summed E-state index contributed by atoms with van der Waals surface area (Å²) in [5, 5.41) is 16.5. The van der Waals surface area contributed by atoms with Crippen molar-refractivity contribution in [3.63, 3.8) is 0 Å². The number of nitrogens with one attached hydrogen (secondary N) is 2. The number of carbonyl (C=O) groups excluding carboxylic acids is 5. The van der Waals surface area contributed by atoms with E-state index in [0.29, 0.717) is 65.2 Å². The average Bonchev–Trinajstić information content (AvgIpc) is 3.36. The van der Waals surface area contributed by atoms with Crippen LogP contribution in [-0.2, 0) is 30.4 Å². The number of phenolic OH excluding ortho intramolecular Hbond substituents is 1. The van der Waals surface area contributed by atoms with Gasteiger partial charge in [-0.3, -0.25) is 33.8 Å². The number of hydrogen-bond acceptors (Lipinski definition) is 8. The fourth-order valence-electron chi connectivity index (χ4n) is 5.30. The van der Waals surface area contributed by atoms with Gasteiger partial charge in [0, 0.05) is 83.4 Å². The van der Waals surface area contributed by atoms with E-state index < -0.39 is 0 Å².